The molecular formula is C15H16O. The highest BCUT2D eigenvalue weighted by atomic mass is 16.5. The molecule has 0 aliphatic carbocycles. The summed E-state index contributed by atoms with van der Waals surface area (Å²) < 4.78 is 5.23. The summed E-state index contributed by atoms with van der Waals surface area (Å²) in [4.78, 5) is 0. The Hall–Kier alpha value is -1.60. The molecule has 0 amide bonds. The van der Waals surface area contributed by atoms with E-state index in [9.17, 15) is 0 Å². The second-order valence-corrected chi connectivity index (χ2v) is 3.91. The van der Waals surface area contributed by atoms with Crippen LogP contribution in [0.3, 0.4) is 0 Å². The maximum atomic E-state index is 5.23. The highest BCUT2D eigenvalue weighted by Gasteiger charge is 2.05. The van der Waals surface area contributed by atoms with Crippen molar-refractivity contribution in [2.24, 2.45) is 0 Å². The lowest BCUT2D eigenvalue weighted by Crippen LogP contribution is -1.93. The first-order chi connectivity index (χ1) is 7.83. The Labute approximate surface area is 96.7 Å². The second kappa shape index (κ2) is 4.95. The molecule has 0 N–H and O–H groups in total. The van der Waals surface area contributed by atoms with Gasteiger partial charge in [0.25, 0.3) is 0 Å². The van der Waals surface area contributed by atoms with E-state index in [1.807, 2.05) is 0 Å². The fourth-order valence-electron chi connectivity index (χ4n) is 1.94. The number of ether oxygens (including phenoxy) is 1. The average Bonchev–Trinajstić information content (AvgIpc) is 2.31. The summed E-state index contributed by atoms with van der Waals surface area (Å²) in [7, 11) is 1.73. The van der Waals surface area contributed by atoms with Crippen LogP contribution in [0.5, 0.6) is 0 Å². The number of methoxy groups -OCH3 is 1. The Kier molecular flexibility index (Phi) is 3.37. The minimum absolute atomic E-state index is 0.657. The monoisotopic (exact) mass is 212 g/mol. The standard InChI is InChI=1S/C15H16O/c1-12-7-3-5-9-14(12)15-10-6-4-8-13(15)11-16-2/h3-10H,11H2,1-2H3. The van der Waals surface area contributed by atoms with Crippen molar-refractivity contribution in [2.45, 2.75) is 13.5 Å². The van der Waals surface area contributed by atoms with E-state index in [1.54, 1.807) is 7.11 Å². The zero-order chi connectivity index (χ0) is 11.4. The Morgan fingerprint density at radius 2 is 1.50 bits per heavy atom. The molecule has 0 unspecified atom stereocenters. The molecule has 0 radical (unpaired) electrons. The van der Waals surface area contributed by atoms with Crippen molar-refractivity contribution in [2.75, 3.05) is 7.11 Å². The Morgan fingerprint density at radius 1 is 0.875 bits per heavy atom. The third kappa shape index (κ3) is 2.15. The van der Waals surface area contributed by atoms with Gasteiger partial charge in [-0.2, -0.15) is 0 Å². The highest BCUT2D eigenvalue weighted by molar-refractivity contribution is 5.70. The summed E-state index contributed by atoms with van der Waals surface area (Å²) in [6, 6.07) is 16.8. The summed E-state index contributed by atoms with van der Waals surface area (Å²) in [6.45, 7) is 2.80. The SMILES string of the molecule is COCc1ccccc1-c1ccccc1C. The number of rotatable bonds is 3. The topological polar surface area (TPSA) is 9.23 Å². The van der Waals surface area contributed by atoms with Gasteiger partial charge < -0.3 is 4.74 Å². The Morgan fingerprint density at radius 3 is 2.19 bits per heavy atom. The molecule has 0 aliphatic heterocycles. The van der Waals surface area contributed by atoms with Crippen molar-refractivity contribution in [1.82, 2.24) is 0 Å². The van der Waals surface area contributed by atoms with Gasteiger partial charge in [0.2, 0.25) is 0 Å². The molecule has 0 spiro atoms. The van der Waals surface area contributed by atoms with Crippen molar-refractivity contribution >= 4 is 0 Å². The largest absolute Gasteiger partial charge is 0.380 e. The fourth-order valence-corrected chi connectivity index (χ4v) is 1.94. The molecule has 82 valence electrons. The van der Waals surface area contributed by atoms with Gasteiger partial charge in [0.15, 0.2) is 0 Å². The van der Waals surface area contributed by atoms with Gasteiger partial charge in [0.1, 0.15) is 0 Å². The van der Waals surface area contributed by atoms with Crippen LogP contribution in [-0.2, 0) is 11.3 Å². The van der Waals surface area contributed by atoms with Gasteiger partial charge in [-0.1, -0.05) is 48.5 Å². The molecule has 0 atom stereocenters. The van der Waals surface area contributed by atoms with Crippen molar-refractivity contribution in [3.05, 3.63) is 59.7 Å². The molecule has 1 nitrogen and oxygen atoms in total. The van der Waals surface area contributed by atoms with Gasteiger partial charge in [-0.15, -0.1) is 0 Å². The van der Waals surface area contributed by atoms with Crippen LogP contribution in [-0.4, -0.2) is 7.11 Å². The number of aryl methyl sites for hydroxylation is 1. The lowest BCUT2D eigenvalue weighted by Gasteiger charge is -2.11. The summed E-state index contributed by atoms with van der Waals surface area (Å²) in [5.74, 6) is 0. The fraction of sp³-hybridized carbons (Fsp3) is 0.200. The number of hydrogen-bond donors (Lipinski definition) is 0. The molecule has 0 heterocycles. The van der Waals surface area contributed by atoms with Crippen molar-refractivity contribution < 1.29 is 4.74 Å². The van der Waals surface area contributed by atoms with E-state index < -0.39 is 0 Å². The van der Waals surface area contributed by atoms with Crippen LogP contribution < -0.4 is 0 Å². The quantitative estimate of drug-likeness (QED) is 0.751. The summed E-state index contributed by atoms with van der Waals surface area (Å²) >= 11 is 0. The molecule has 16 heavy (non-hydrogen) atoms. The predicted molar refractivity (Wildman–Crippen MR) is 67.3 cm³/mol. The molecule has 0 fully saturated rings. The molecule has 2 rings (SSSR count). The van der Waals surface area contributed by atoms with E-state index in [4.69, 9.17) is 4.74 Å². The normalized spacial score (nSPS) is 10.4. The first kappa shape index (κ1) is 10.9. The molecule has 0 saturated carbocycles. The molecule has 0 saturated heterocycles. The van der Waals surface area contributed by atoms with Crippen LogP contribution in [0.25, 0.3) is 11.1 Å². The third-order valence-electron chi connectivity index (χ3n) is 2.75. The van der Waals surface area contributed by atoms with Gasteiger partial charge in [-0.25, -0.2) is 0 Å². The maximum absolute atomic E-state index is 5.23. The maximum Gasteiger partial charge on any atom is 0.0719 e. The summed E-state index contributed by atoms with van der Waals surface area (Å²) in [6.07, 6.45) is 0. The lowest BCUT2D eigenvalue weighted by atomic mass is 9.96. The van der Waals surface area contributed by atoms with E-state index in [1.165, 1.54) is 22.3 Å². The van der Waals surface area contributed by atoms with Crippen LogP contribution in [0, 0.1) is 6.92 Å². The first-order valence-corrected chi connectivity index (χ1v) is 5.46. The van der Waals surface area contributed by atoms with E-state index in [-0.39, 0.29) is 0 Å². The van der Waals surface area contributed by atoms with Crippen molar-refractivity contribution in [3.8, 4) is 11.1 Å². The zero-order valence-electron chi connectivity index (χ0n) is 9.73. The van der Waals surface area contributed by atoms with E-state index in [0.717, 1.165) is 0 Å². The summed E-state index contributed by atoms with van der Waals surface area (Å²) in [5, 5.41) is 0. The van der Waals surface area contributed by atoms with Gasteiger partial charge in [0, 0.05) is 7.11 Å². The molecule has 2 aromatic carbocycles. The average molecular weight is 212 g/mol. The van der Waals surface area contributed by atoms with Crippen LogP contribution >= 0.6 is 0 Å². The second-order valence-electron chi connectivity index (χ2n) is 3.91. The molecule has 0 bridgehead atoms. The number of hydrogen-bond acceptors (Lipinski definition) is 1. The predicted octanol–water partition coefficient (Wildman–Crippen LogP) is 3.81. The van der Waals surface area contributed by atoms with Gasteiger partial charge in [0.05, 0.1) is 6.61 Å². The molecular weight excluding hydrogens is 196 g/mol. The zero-order valence-corrected chi connectivity index (χ0v) is 9.73. The third-order valence-corrected chi connectivity index (χ3v) is 2.75. The molecule has 2 aromatic rings. The van der Waals surface area contributed by atoms with E-state index in [0.29, 0.717) is 6.61 Å². The summed E-state index contributed by atoms with van der Waals surface area (Å²) in [5.41, 5.74) is 5.09. The van der Waals surface area contributed by atoms with Crippen molar-refractivity contribution in [3.63, 3.8) is 0 Å². The molecule has 1 heteroatoms. The minimum atomic E-state index is 0.657. The van der Waals surface area contributed by atoms with Crippen LogP contribution in [0.2, 0.25) is 0 Å². The Balaban J connectivity index is 2.51. The lowest BCUT2D eigenvalue weighted by molar-refractivity contribution is 0.185. The first-order valence-electron chi connectivity index (χ1n) is 5.46. The smallest absolute Gasteiger partial charge is 0.0719 e. The van der Waals surface area contributed by atoms with E-state index in [2.05, 4.69) is 55.5 Å². The van der Waals surface area contributed by atoms with E-state index >= 15 is 0 Å². The van der Waals surface area contributed by atoms with Gasteiger partial charge >= 0.3 is 0 Å². The molecule has 0 aromatic heterocycles. The van der Waals surface area contributed by atoms with Gasteiger partial charge in [-0.05, 0) is 29.2 Å². The Bertz CT molecular complexity index is 474. The number of benzene rings is 2. The van der Waals surface area contributed by atoms with Crippen LogP contribution in [0.4, 0.5) is 0 Å². The van der Waals surface area contributed by atoms with Gasteiger partial charge in [-0.3, -0.25) is 0 Å². The van der Waals surface area contributed by atoms with Crippen molar-refractivity contribution in [1.29, 1.82) is 0 Å². The minimum Gasteiger partial charge on any atom is -0.380 e. The molecule has 0 aliphatic rings. The van der Waals surface area contributed by atoms with Crippen LogP contribution in [0.1, 0.15) is 11.1 Å². The van der Waals surface area contributed by atoms with Crippen LogP contribution in [0.15, 0.2) is 48.5 Å². The highest BCUT2D eigenvalue weighted by Crippen LogP contribution is 2.26.